The van der Waals surface area contributed by atoms with Gasteiger partial charge in [0.05, 0.1) is 12.1 Å². The van der Waals surface area contributed by atoms with Crippen LogP contribution in [0.15, 0.2) is 4.99 Å². The van der Waals surface area contributed by atoms with E-state index in [0.717, 1.165) is 38.3 Å². The Kier molecular flexibility index (Phi) is 2.86. The topological polar surface area (TPSA) is 47.9 Å². The quantitative estimate of drug-likeness (QED) is 0.731. The van der Waals surface area contributed by atoms with Crippen LogP contribution in [0.1, 0.15) is 33.1 Å². The fourth-order valence-corrected chi connectivity index (χ4v) is 2.67. The normalized spacial score (nSPS) is 33.0. The minimum Gasteiger partial charge on any atom is -0.387 e. The first-order chi connectivity index (χ1) is 7.45. The fraction of sp³-hybridized carbons (Fsp3) is 0.917. The standard InChI is InChI=1S/C12H23N3O/c1-11(2)5-4-6-12(11,16)9-14-10-13-7-8-15(10)3/h16H,4-9H2,1-3H3,(H,13,14). The van der Waals surface area contributed by atoms with Crippen LogP contribution in [0.5, 0.6) is 0 Å². The van der Waals surface area contributed by atoms with Crippen molar-refractivity contribution >= 4 is 5.96 Å². The summed E-state index contributed by atoms with van der Waals surface area (Å²) in [5, 5.41) is 13.9. The molecule has 0 radical (unpaired) electrons. The molecule has 4 nitrogen and oxygen atoms in total. The molecule has 1 fully saturated rings. The van der Waals surface area contributed by atoms with Crippen molar-refractivity contribution in [3.8, 4) is 0 Å². The Morgan fingerprint density at radius 1 is 1.44 bits per heavy atom. The lowest BCUT2D eigenvalue weighted by Gasteiger charge is -2.37. The smallest absolute Gasteiger partial charge is 0.193 e. The number of nitrogens with one attached hydrogen (secondary N) is 1. The molecule has 16 heavy (non-hydrogen) atoms. The number of rotatable bonds is 2. The minimum absolute atomic E-state index is 0.0116. The van der Waals surface area contributed by atoms with Gasteiger partial charge in [-0.3, -0.25) is 4.99 Å². The third-order valence-electron chi connectivity index (χ3n) is 4.25. The second kappa shape index (κ2) is 3.91. The highest BCUT2D eigenvalue weighted by molar-refractivity contribution is 5.81. The Morgan fingerprint density at radius 3 is 2.69 bits per heavy atom. The monoisotopic (exact) mass is 225 g/mol. The average Bonchev–Trinajstić information content (AvgIpc) is 2.70. The molecule has 1 unspecified atom stereocenters. The number of guanidine groups is 1. The fourth-order valence-electron chi connectivity index (χ4n) is 2.67. The predicted molar refractivity (Wildman–Crippen MR) is 65.5 cm³/mol. The molecule has 4 heteroatoms. The van der Waals surface area contributed by atoms with E-state index in [4.69, 9.17) is 0 Å². The zero-order valence-corrected chi connectivity index (χ0v) is 10.6. The highest BCUT2D eigenvalue weighted by atomic mass is 16.3. The summed E-state index contributed by atoms with van der Waals surface area (Å²) >= 11 is 0. The number of likely N-dealkylation sites (N-methyl/N-ethyl adjacent to an activating group) is 1. The van der Waals surface area contributed by atoms with E-state index in [1.807, 2.05) is 7.05 Å². The van der Waals surface area contributed by atoms with Gasteiger partial charge in [-0.15, -0.1) is 0 Å². The van der Waals surface area contributed by atoms with Crippen LogP contribution in [0.2, 0.25) is 0 Å². The summed E-state index contributed by atoms with van der Waals surface area (Å²) < 4.78 is 0. The molecule has 0 bridgehead atoms. The van der Waals surface area contributed by atoms with Crippen molar-refractivity contribution in [3.05, 3.63) is 0 Å². The molecule has 0 saturated heterocycles. The van der Waals surface area contributed by atoms with Crippen LogP contribution in [-0.4, -0.2) is 48.2 Å². The van der Waals surface area contributed by atoms with Crippen molar-refractivity contribution in [1.82, 2.24) is 10.2 Å². The van der Waals surface area contributed by atoms with Crippen molar-refractivity contribution in [2.45, 2.75) is 38.7 Å². The van der Waals surface area contributed by atoms with Crippen molar-refractivity contribution in [2.75, 3.05) is 26.7 Å². The average molecular weight is 225 g/mol. The van der Waals surface area contributed by atoms with E-state index >= 15 is 0 Å². The highest BCUT2D eigenvalue weighted by Gasteiger charge is 2.47. The van der Waals surface area contributed by atoms with Gasteiger partial charge < -0.3 is 15.3 Å². The largest absolute Gasteiger partial charge is 0.387 e. The zero-order valence-electron chi connectivity index (χ0n) is 10.6. The minimum atomic E-state index is -0.584. The predicted octanol–water partition coefficient (Wildman–Crippen LogP) is 0.819. The van der Waals surface area contributed by atoms with Gasteiger partial charge in [-0.25, -0.2) is 0 Å². The van der Waals surface area contributed by atoms with Gasteiger partial charge in [-0.05, 0) is 24.7 Å². The number of hydrogen-bond acceptors (Lipinski definition) is 4. The third-order valence-corrected chi connectivity index (χ3v) is 4.25. The second-order valence-corrected chi connectivity index (χ2v) is 5.75. The van der Waals surface area contributed by atoms with Crippen LogP contribution in [0.4, 0.5) is 0 Å². The van der Waals surface area contributed by atoms with Gasteiger partial charge in [0.15, 0.2) is 5.96 Å². The Balaban J connectivity index is 1.95. The van der Waals surface area contributed by atoms with Gasteiger partial charge in [-0.1, -0.05) is 13.8 Å². The van der Waals surface area contributed by atoms with E-state index in [1.54, 1.807) is 0 Å². The lowest BCUT2D eigenvalue weighted by Crippen LogP contribution is -2.51. The summed E-state index contributed by atoms with van der Waals surface area (Å²) in [5.41, 5.74) is -0.573. The lowest BCUT2D eigenvalue weighted by atomic mass is 9.78. The first-order valence-corrected chi connectivity index (χ1v) is 6.16. The van der Waals surface area contributed by atoms with E-state index in [-0.39, 0.29) is 5.41 Å². The first kappa shape index (κ1) is 11.7. The molecule has 2 rings (SSSR count). The molecule has 1 saturated carbocycles. The first-order valence-electron chi connectivity index (χ1n) is 6.16. The number of aliphatic imine (C=N–C) groups is 1. The van der Waals surface area contributed by atoms with Gasteiger partial charge >= 0.3 is 0 Å². The van der Waals surface area contributed by atoms with Crippen LogP contribution in [-0.2, 0) is 0 Å². The van der Waals surface area contributed by atoms with Crippen LogP contribution >= 0.6 is 0 Å². The van der Waals surface area contributed by atoms with Crippen LogP contribution in [0.25, 0.3) is 0 Å². The van der Waals surface area contributed by atoms with Gasteiger partial charge in [0, 0.05) is 20.1 Å². The van der Waals surface area contributed by atoms with E-state index in [2.05, 4.69) is 29.1 Å². The number of aliphatic hydroxyl groups is 1. The summed E-state index contributed by atoms with van der Waals surface area (Å²) in [5.74, 6) is 0.927. The van der Waals surface area contributed by atoms with E-state index in [1.165, 1.54) is 0 Å². The summed E-state index contributed by atoms with van der Waals surface area (Å²) in [6.45, 7) is 6.76. The molecule has 1 aliphatic carbocycles. The molecular weight excluding hydrogens is 202 g/mol. The molecule has 1 heterocycles. The van der Waals surface area contributed by atoms with Crippen molar-refractivity contribution < 1.29 is 5.11 Å². The van der Waals surface area contributed by atoms with Crippen molar-refractivity contribution in [3.63, 3.8) is 0 Å². The summed E-state index contributed by atoms with van der Waals surface area (Å²) in [6, 6.07) is 0. The number of nitrogens with zero attached hydrogens (tertiary/aromatic N) is 2. The Labute approximate surface area is 97.7 Å². The second-order valence-electron chi connectivity index (χ2n) is 5.75. The Bertz CT molecular complexity index is 301. The molecule has 0 spiro atoms. The Hall–Kier alpha value is -0.770. The number of hydrogen-bond donors (Lipinski definition) is 2. The molecule has 0 aromatic rings. The van der Waals surface area contributed by atoms with E-state index in [0.29, 0.717) is 6.54 Å². The van der Waals surface area contributed by atoms with E-state index < -0.39 is 5.60 Å². The SMILES string of the molecule is CN1CCN=C1NCC1(O)CCCC1(C)C. The zero-order chi connectivity index (χ0) is 11.8. The maximum atomic E-state index is 10.6. The molecule has 0 amide bonds. The van der Waals surface area contributed by atoms with Gasteiger partial charge in [0.2, 0.25) is 0 Å². The molecule has 2 aliphatic rings. The Morgan fingerprint density at radius 2 is 2.19 bits per heavy atom. The van der Waals surface area contributed by atoms with Gasteiger partial charge in [-0.2, -0.15) is 0 Å². The molecule has 1 atom stereocenters. The summed E-state index contributed by atoms with van der Waals surface area (Å²) in [4.78, 5) is 6.48. The van der Waals surface area contributed by atoms with Crippen LogP contribution < -0.4 is 5.32 Å². The molecular formula is C12H23N3O. The highest BCUT2D eigenvalue weighted by Crippen LogP contribution is 2.45. The molecule has 0 aromatic heterocycles. The summed E-state index contributed by atoms with van der Waals surface area (Å²) in [6.07, 6.45) is 3.12. The van der Waals surface area contributed by atoms with Crippen LogP contribution in [0.3, 0.4) is 0 Å². The van der Waals surface area contributed by atoms with E-state index in [9.17, 15) is 5.11 Å². The molecule has 92 valence electrons. The maximum Gasteiger partial charge on any atom is 0.193 e. The molecule has 2 N–H and O–H groups in total. The van der Waals surface area contributed by atoms with Crippen LogP contribution in [0, 0.1) is 5.41 Å². The molecule has 1 aliphatic heterocycles. The van der Waals surface area contributed by atoms with Crippen molar-refractivity contribution in [1.29, 1.82) is 0 Å². The lowest BCUT2D eigenvalue weighted by molar-refractivity contribution is -0.0378. The van der Waals surface area contributed by atoms with Gasteiger partial charge in [0.25, 0.3) is 0 Å². The molecule has 0 aromatic carbocycles. The third kappa shape index (κ3) is 1.90. The summed E-state index contributed by atoms with van der Waals surface area (Å²) in [7, 11) is 2.03. The van der Waals surface area contributed by atoms with Gasteiger partial charge in [0.1, 0.15) is 0 Å². The van der Waals surface area contributed by atoms with Crippen molar-refractivity contribution in [2.24, 2.45) is 10.4 Å². The maximum absolute atomic E-state index is 10.6.